The Hall–Kier alpha value is -3.61. The van der Waals surface area contributed by atoms with E-state index in [1.807, 2.05) is 24.3 Å². The molecule has 7 heteroatoms. The smallest absolute Gasteiger partial charge is 0.336 e. The summed E-state index contributed by atoms with van der Waals surface area (Å²) in [6.07, 6.45) is 1.02. The Kier molecular flexibility index (Phi) is 5.75. The van der Waals surface area contributed by atoms with Crippen LogP contribution in [0.25, 0.3) is 11.0 Å². The first-order chi connectivity index (χ1) is 15.0. The zero-order valence-corrected chi connectivity index (χ0v) is 17.4. The number of ether oxygens (including phenoxy) is 2. The summed E-state index contributed by atoms with van der Waals surface area (Å²) in [6, 6.07) is 14.2. The molecule has 0 bridgehead atoms. The van der Waals surface area contributed by atoms with E-state index in [1.165, 1.54) is 18.7 Å². The number of amides is 1. The van der Waals surface area contributed by atoms with Gasteiger partial charge in [-0.25, -0.2) is 4.79 Å². The maximum atomic E-state index is 12.6. The van der Waals surface area contributed by atoms with Gasteiger partial charge >= 0.3 is 11.6 Å². The molecule has 160 valence electrons. The fraction of sp³-hybridized carbons (Fsp3) is 0.292. The van der Waals surface area contributed by atoms with Crippen LogP contribution in [-0.2, 0) is 27.4 Å². The highest BCUT2D eigenvalue weighted by Crippen LogP contribution is 2.27. The van der Waals surface area contributed by atoms with Gasteiger partial charge in [-0.05, 0) is 36.2 Å². The van der Waals surface area contributed by atoms with Crippen LogP contribution < -0.4 is 15.3 Å². The lowest BCUT2D eigenvalue weighted by molar-refractivity contribution is -0.149. The van der Waals surface area contributed by atoms with Crippen molar-refractivity contribution in [3.8, 4) is 5.75 Å². The van der Waals surface area contributed by atoms with Gasteiger partial charge in [-0.2, -0.15) is 0 Å². The number of esters is 1. The molecule has 4 rings (SSSR count). The quantitative estimate of drug-likeness (QED) is 0.448. The molecule has 3 aromatic rings. The third kappa shape index (κ3) is 4.30. The molecule has 0 unspecified atom stereocenters. The van der Waals surface area contributed by atoms with Crippen molar-refractivity contribution in [3.05, 3.63) is 70.1 Å². The van der Waals surface area contributed by atoms with Crippen LogP contribution in [0.2, 0.25) is 0 Å². The zero-order valence-electron chi connectivity index (χ0n) is 17.4. The Morgan fingerprint density at radius 3 is 2.61 bits per heavy atom. The van der Waals surface area contributed by atoms with E-state index in [0.29, 0.717) is 22.3 Å². The summed E-state index contributed by atoms with van der Waals surface area (Å²) in [4.78, 5) is 38.6. The molecule has 0 radical (unpaired) electrons. The minimum atomic E-state index is -0.551. The SMILES string of the molecule is CCc1ccc(N2C[C@@H](C(=O)OCc3cc(=O)oc4cc(OC)ccc34)CC2=O)cc1. The Bertz CT molecular complexity index is 1180. The molecule has 0 saturated carbocycles. The van der Waals surface area contributed by atoms with Gasteiger partial charge in [0.05, 0.1) is 13.0 Å². The fourth-order valence-electron chi connectivity index (χ4n) is 3.75. The van der Waals surface area contributed by atoms with Crippen LogP contribution >= 0.6 is 0 Å². The van der Waals surface area contributed by atoms with Gasteiger partial charge < -0.3 is 18.8 Å². The molecule has 31 heavy (non-hydrogen) atoms. The Morgan fingerprint density at radius 2 is 1.90 bits per heavy atom. The minimum absolute atomic E-state index is 0.0802. The summed E-state index contributed by atoms with van der Waals surface area (Å²) in [5.74, 6) is -0.564. The number of carbonyl (C=O) groups excluding carboxylic acids is 2. The molecule has 1 saturated heterocycles. The summed E-state index contributed by atoms with van der Waals surface area (Å²) in [5, 5.41) is 0.660. The van der Waals surface area contributed by atoms with Crippen molar-refractivity contribution in [2.75, 3.05) is 18.6 Å². The molecule has 1 aliphatic rings. The molecule has 2 heterocycles. The molecule has 2 aromatic carbocycles. The number of benzene rings is 2. The number of hydrogen-bond acceptors (Lipinski definition) is 6. The molecular weight excluding hydrogens is 398 g/mol. The van der Waals surface area contributed by atoms with Gasteiger partial charge in [0.15, 0.2) is 0 Å². The average Bonchev–Trinajstić information content (AvgIpc) is 3.18. The Morgan fingerprint density at radius 1 is 1.13 bits per heavy atom. The van der Waals surface area contributed by atoms with E-state index < -0.39 is 17.5 Å². The molecule has 0 spiro atoms. The summed E-state index contributed by atoms with van der Waals surface area (Å²) in [7, 11) is 1.52. The number of methoxy groups -OCH3 is 1. The standard InChI is InChI=1S/C24H23NO6/c1-3-15-4-6-18(7-5-15)25-13-16(10-22(25)26)24(28)30-14-17-11-23(27)31-21-12-19(29-2)8-9-20(17)21/h4-9,11-12,16H,3,10,13-14H2,1-2H3/t16-/m0/s1. The first-order valence-electron chi connectivity index (χ1n) is 10.1. The van der Waals surface area contributed by atoms with Crippen molar-refractivity contribution >= 4 is 28.5 Å². The topological polar surface area (TPSA) is 86.1 Å². The average molecular weight is 421 g/mol. The predicted octanol–water partition coefficient (Wildman–Crippen LogP) is 3.46. The third-order valence-corrected chi connectivity index (χ3v) is 5.52. The summed E-state index contributed by atoms with van der Waals surface area (Å²) >= 11 is 0. The largest absolute Gasteiger partial charge is 0.497 e. The normalized spacial score (nSPS) is 16.0. The van der Waals surface area contributed by atoms with Crippen molar-refractivity contribution in [2.24, 2.45) is 5.92 Å². The number of fused-ring (bicyclic) bond motifs is 1. The van der Waals surface area contributed by atoms with Crippen LogP contribution in [0.15, 0.2) is 57.7 Å². The van der Waals surface area contributed by atoms with Crippen LogP contribution in [0.4, 0.5) is 5.69 Å². The second kappa shape index (κ2) is 8.63. The number of aryl methyl sites for hydroxylation is 1. The van der Waals surface area contributed by atoms with E-state index in [9.17, 15) is 14.4 Å². The van der Waals surface area contributed by atoms with Crippen LogP contribution in [0.5, 0.6) is 5.75 Å². The number of rotatable bonds is 6. The number of carbonyl (C=O) groups is 2. The van der Waals surface area contributed by atoms with E-state index in [0.717, 1.165) is 12.1 Å². The van der Waals surface area contributed by atoms with Gasteiger partial charge in [0.2, 0.25) is 5.91 Å². The first kappa shape index (κ1) is 20.7. The summed E-state index contributed by atoms with van der Waals surface area (Å²) < 4.78 is 15.8. The van der Waals surface area contributed by atoms with Gasteiger partial charge in [-0.15, -0.1) is 0 Å². The lowest BCUT2D eigenvalue weighted by Crippen LogP contribution is -2.26. The molecule has 1 fully saturated rings. The summed E-state index contributed by atoms with van der Waals surface area (Å²) in [6.45, 7) is 2.26. The molecule has 0 N–H and O–H groups in total. The molecule has 1 atom stereocenters. The van der Waals surface area contributed by atoms with Crippen molar-refractivity contribution in [1.82, 2.24) is 0 Å². The summed E-state index contributed by atoms with van der Waals surface area (Å²) in [5.41, 5.74) is 2.32. The van der Waals surface area contributed by atoms with E-state index in [-0.39, 0.29) is 25.5 Å². The minimum Gasteiger partial charge on any atom is -0.497 e. The van der Waals surface area contributed by atoms with E-state index in [4.69, 9.17) is 13.9 Å². The first-order valence-corrected chi connectivity index (χ1v) is 10.1. The third-order valence-electron chi connectivity index (χ3n) is 5.52. The monoisotopic (exact) mass is 421 g/mol. The molecule has 1 aromatic heterocycles. The highest BCUT2D eigenvalue weighted by atomic mass is 16.5. The lowest BCUT2D eigenvalue weighted by Gasteiger charge is -2.17. The number of hydrogen-bond donors (Lipinski definition) is 0. The number of anilines is 1. The Labute approximate surface area is 179 Å². The van der Waals surface area contributed by atoms with Crippen LogP contribution in [0.1, 0.15) is 24.5 Å². The lowest BCUT2D eigenvalue weighted by atomic mass is 10.1. The second-order valence-electron chi connectivity index (χ2n) is 7.49. The van der Waals surface area contributed by atoms with Gasteiger partial charge in [-0.3, -0.25) is 9.59 Å². The van der Waals surface area contributed by atoms with Crippen molar-refractivity contribution in [1.29, 1.82) is 0 Å². The highest BCUT2D eigenvalue weighted by Gasteiger charge is 2.36. The van der Waals surface area contributed by atoms with Gasteiger partial charge in [0.25, 0.3) is 0 Å². The van der Waals surface area contributed by atoms with Gasteiger partial charge in [-0.1, -0.05) is 19.1 Å². The van der Waals surface area contributed by atoms with Gasteiger partial charge in [0.1, 0.15) is 17.9 Å². The maximum Gasteiger partial charge on any atom is 0.336 e. The Balaban J connectivity index is 1.45. The van der Waals surface area contributed by atoms with Crippen LogP contribution in [0.3, 0.4) is 0 Å². The van der Waals surface area contributed by atoms with Crippen molar-refractivity contribution in [2.45, 2.75) is 26.4 Å². The molecule has 1 aliphatic heterocycles. The van der Waals surface area contributed by atoms with E-state index >= 15 is 0 Å². The molecular formula is C24H23NO6. The van der Waals surface area contributed by atoms with Crippen molar-refractivity contribution in [3.63, 3.8) is 0 Å². The molecule has 0 aliphatic carbocycles. The van der Waals surface area contributed by atoms with Crippen molar-refractivity contribution < 1.29 is 23.5 Å². The van der Waals surface area contributed by atoms with Gasteiger partial charge in [0, 0.05) is 41.7 Å². The zero-order chi connectivity index (χ0) is 22.0. The maximum absolute atomic E-state index is 12.6. The number of nitrogens with zero attached hydrogens (tertiary/aromatic N) is 1. The van der Waals surface area contributed by atoms with Crippen LogP contribution in [-0.4, -0.2) is 25.5 Å². The fourth-order valence-corrected chi connectivity index (χ4v) is 3.75. The second-order valence-corrected chi connectivity index (χ2v) is 7.49. The van der Waals surface area contributed by atoms with E-state index in [2.05, 4.69) is 6.92 Å². The van der Waals surface area contributed by atoms with Crippen LogP contribution in [0, 0.1) is 5.92 Å². The predicted molar refractivity (Wildman–Crippen MR) is 115 cm³/mol. The highest BCUT2D eigenvalue weighted by molar-refractivity contribution is 5.99. The molecule has 7 nitrogen and oxygen atoms in total. The van der Waals surface area contributed by atoms with E-state index in [1.54, 1.807) is 23.1 Å². The molecule has 1 amide bonds.